The number of carbonyl (C=O) groups is 2. The summed E-state index contributed by atoms with van der Waals surface area (Å²) < 4.78 is 0. The lowest BCUT2D eigenvalue weighted by Gasteiger charge is -2.41. The van der Waals surface area contributed by atoms with Crippen molar-refractivity contribution in [3.63, 3.8) is 0 Å². The molecule has 0 bridgehead atoms. The smallest absolute Gasteiger partial charge is 0.246 e. The van der Waals surface area contributed by atoms with Gasteiger partial charge in [0.05, 0.1) is 6.04 Å². The van der Waals surface area contributed by atoms with Gasteiger partial charge in [0.15, 0.2) is 0 Å². The van der Waals surface area contributed by atoms with Crippen LogP contribution < -0.4 is 5.32 Å². The molecule has 0 radical (unpaired) electrons. The predicted octanol–water partition coefficient (Wildman–Crippen LogP) is 2.55. The summed E-state index contributed by atoms with van der Waals surface area (Å²) in [5, 5.41) is 2.76. The first-order valence-corrected chi connectivity index (χ1v) is 7.88. The summed E-state index contributed by atoms with van der Waals surface area (Å²) in [4.78, 5) is 28.8. The summed E-state index contributed by atoms with van der Waals surface area (Å²) >= 11 is 1.73. The second-order valence-corrected chi connectivity index (χ2v) is 6.90. The molecule has 4 nitrogen and oxygen atoms in total. The molecule has 20 heavy (non-hydrogen) atoms. The van der Waals surface area contributed by atoms with Crippen LogP contribution in [0.25, 0.3) is 0 Å². The molecule has 1 aliphatic rings. The maximum Gasteiger partial charge on any atom is 0.246 e. The highest BCUT2D eigenvalue weighted by Gasteiger charge is 2.40. The Balaban J connectivity index is 2.38. The Kier molecular flexibility index (Phi) is 4.18. The van der Waals surface area contributed by atoms with Crippen LogP contribution in [0.4, 0.5) is 0 Å². The summed E-state index contributed by atoms with van der Waals surface area (Å²) in [5.74, 6) is -0.0387. The van der Waals surface area contributed by atoms with Crippen LogP contribution in [0.2, 0.25) is 0 Å². The highest BCUT2D eigenvalue weighted by molar-refractivity contribution is 7.12. The predicted molar refractivity (Wildman–Crippen MR) is 80.7 cm³/mol. The van der Waals surface area contributed by atoms with Crippen molar-refractivity contribution >= 4 is 23.2 Å². The Morgan fingerprint density at radius 1 is 1.40 bits per heavy atom. The maximum atomic E-state index is 12.5. The van der Waals surface area contributed by atoms with E-state index < -0.39 is 6.04 Å². The zero-order valence-corrected chi connectivity index (χ0v) is 13.5. The molecular weight excluding hydrogens is 272 g/mol. The number of piperazine rings is 1. The van der Waals surface area contributed by atoms with E-state index in [4.69, 9.17) is 0 Å². The molecule has 2 heterocycles. The molecule has 110 valence electrons. The van der Waals surface area contributed by atoms with Gasteiger partial charge in [0.1, 0.15) is 12.1 Å². The Morgan fingerprint density at radius 2 is 2.05 bits per heavy atom. The normalized spacial score (nSPS) is 24.8. The van der Waals surface area contributed by atoms with E-state index in [1.165, 1.54) is 9.75 Å². The summed E-state index contributed by atoms with van der Waals surface area (Å²) in [6.07, 6.45) is 0.636. The topological polar surface area (TPSA) is 49.4 Å². The van der Waals surface area contributed by atoms with Gasteiger partial charge in [-0.05, 0) is 45.7 Å². The van der Waals surface area contributed by atoms with Crippen molar-refractivity contribution in [1.29, 1.82) is 0 Å². The molecule has 0 saturated carbocycles. The number of aryl methyl sites for hydroxylation is 2. The van der Waals surface area contributed by atoms with Gasteiger partial charge >= 0.3 is 0 Å². The largest absolute Gasteiger partial charge is 0.343 e. The number of hydrogen-bond acceptors (Lipinski definition) is 3. The molecule has 1 aromatic rings. The zero-order chi connectivity index (χ0) is 15.0. The monoisotopic (exact) mass is 294 g/mol. The zero-order valence-electron chi connectivity index (χ0n) is 12.7. The van der Waals surface area contributed by atoms with Crippen molar-refractivity contribution in [1.82, 2.24) is 10.2 Å². The fourth-order valence-electron chi connectivity index (χ4n) is 2.93. The number of rotatable bonds is 3. The summed E-state index contributed by atoms with van der Waals surface area (Å²) in [7, 11) is 0. The molecule has 2 amide bonds. The van der Waals surface area contributed by atoms with Crippen LogP contribution in [0.1, 0.15) is 48.6 Å². The van der Waals surface area contributed by atoms with Gasteiger partial charge in [-0.1, -0.05) is 6.92 Å². The molecule has 3 atom stereocenters. The van der Waals surface area contributed by atoms with E-state index in [1.807, 2.05) is 13.8 Å². The van der Waals surface area contributed by atoms with Gasteiger partial charge in [-0.25, -0.2) is 0 Å². The molecule has 1 fully saturated rings. The lowest BCUT2D eigenvalue weighted by molar-refractivity contribution is -0.151. The molecule has 1 N–H and O–H groups in total. The minimum absolute atomic E-state index is 0.00667. The van der Waals surface area contributed by atoms with Gasteiger partial charge in [-0.15, -0.1) is 11.3 Å². The van der Waals surface area contributed by atoms with Crippen molar-refractivity contribution in [3.05, 3.63) is 21.4 Å². The number of nitrogens with one attached hydrogen (secondary N) is 1. The second-order valence-electron chi connectivity index (χ2n) is 5.44. The van der Waals surface area contributed by atoms with Crippen LogP contribution >= 0.6 is 11.3 Å². The number of hydrogen-bond donors (Lipinski definition) is 1. The first-order chi connectivity index (χ1) is 9.36. The molecule has 1 aliphatic heterocycles. The van der Waals surface area contributed by atoms with E-state index >= 15 is 0 Å². The van der Waals surface area contributed by atoms with Gasteiger partial charge in [0.2, 0.25) is 11.8 Å². The Morgan fingerprint density at radius 3 is 2.55 bits per heavy atom. The molecule has 2 rings (SSSR count). The Bertz CT molecular complexity index is 538. The van der Waals surface area contributed by atoms with Gasteiger partial charge in [-0.2, -0.15) is 0 Å². The molecular formula is C15H22N2O2S. The highest BCUT2D eigenvalue weighted by Crippen LogP contribution is 2.33. The molecule has 0 aliphatic carbocycles. The average molecular weight is 294 g/mol. The first-order valence-electron chi connectivity index (χ1n) is 7.06. The fraction of sp³-hybridized carbons (Fsp3) is 0.600. The lowest BCUT2D eigenvalue weighted by Crippen LogP contribution is -2.62. The molecule has 0 aromatic carbocycles. The van der Waals surface area contributed by atoms with Gasteiger partial charge in [0.25, 0.3) is 0 Å². The Labute approximate surface area is 124 Å². The van der Waals surface area contributed by atoms with Crippen LogP contribution in [-0.4, -0.2) is 28.8 Å². The third-order valence-corrected chi connectivity index (χ3v) is 4.94. The van der Waals surface area contributed by atoms with Crippen LogP contribution in [-0.2, 0) is 9.59 Å². The second kappa shape index (κ2) is 5.56. The standard InChI is InChI=1S/C15H22N2O2S/c1-6-13-14(18)16-9(3)15(19)17(13)10(4)12-7-8(2)20-11(12)5/h7,9-10,13H,6H2,1-5H3,(H,16,18). The van der Waals surface area contributed by atoms with E-state index in [-0.39, 0.29) is 23.9 Å². The maximum absolute atomic E-state index is 12.5. The first kappa shape index (κ1) is 15.0. The van der Waals surface area contributed by atoms with E-state index in [0.29, 0.717) is 6.42 Å². The van der Waals surface area contributed by atoms with Crippen molar-refractivity contribution in [3.8, 4) is 0 Å². The summed E-state index contributed by atoms with van der Waals surface area (Å²) in [5.41, 5.74) is 1.15. The quantitative estimate of drug-likeness (QED) is 0.931. The number of amides is 2. The van der Waals surface area contributed by atoms with Crippen LogP contribution in [0.5, 0.6) is 0 Å². The highest BCUT2D eigenvalue weighted by atomic mass is 32.1. The fourth-order valence-corrected chi connectivity index (χ4v) is 3.95. The minimum atomic E-state index is -0.437. The summed E-state index contributed by atoms with van der Waals surface area (Å²) in [6.45, 7) is 9.85. The van der Waals surface area contributed by atoms with Crippen LogP contribution in [0.3, 0.4) is 0 Å². The van der Waals surface area contributed by atoms with E-state index in [9.17, 15) is 9.59 Å². The molecule has 3 unspecified atom stereocenters. The third-order valence-electron chi connectivity index (χ3n) is 3.96. The van der Waals surface area contributed by atoms with E-state index in [0.717, 1.165) is 5.56 Å². The van der Waals surface area contributed by atoms with Crippen molar-refractivity contribution in [2.24, 2.45) is 0 Å². The van der Waals surface area contributed by atoms with E-state index in [1.54, 1.807) is 23.2 Å². The Hall–Kier alpha value is -1.36. The number of thiophene rings is 1. The van der Waals surface area contributed by atoms with Gasteiger partial charge in [-0.3, -0.25) is 9.59 Å². The molecule has 1 saturated heterocycles. The number of nitrogens with zero attached hydrogens (tertiary/aromatic N) is 1. The SMILES string of the molecule is CCC1C(=O)NC(C)C(=O)N1C(C)c1cc(C)sc1C. The van der Waals surface area contributed by atoms with Gasteiger partial charge in [0, 0.05) is 9.75 Å². The summed E-state index contributed by atoms with van der Waals surface area (Å²) in [6, 6.07) is 1.26. The van der Waals surface area contributed by atoms with Crippen molar-refractivity contribution in [2.75, 3.05) is 0 Å². The van der Waals surface area contributed by atoms with Crippen LogP contribution in [0, 0.1) is 13.8 Å². The van der Waals surface area contributed by atoms with E-state index in [2.05, 4.69) is 25.2 Å². The molecule has 0 spiro atoms. The third kappa shape index (κ3) is 2.46. The average Bonchev–Trinajstić information content (AvgIpc) is 2.71. The lowest BCUT2D eigenvalue weighted by atomic mass is 9.99. The van der Waals surface area contributed by atoms with Crippen molar-refractivity contribution < 1.29 is 9.59 Å². The van der Waals surface area contributed by atoms with Crippen molar-refractivity contribution in [2.45, 2.75) is 59.2 Å². The van der Waals surface area contributed by atoms with Gasteiger partial charge < -0.3 is 10.2 Å². The van der Waals surface area contributed by atoms with Crippen LogP contribution in [0.15, 0.2) is 6.07 Å². The minimum Gasteiger partial charge on any atom is -0.343 e. The molecule has 5 heteroatoms. The number of carbonyl (C=O) groups excluding carboxylic acids is 2. The molecule has 1 aromatic heterocycles.